The van der Waals surface area contributed by atoms with Gasteiger partial charge in [0, 0.05) is 0 Å². The van der Waals surface area contributed by atoms with Crippen molar-refractivity contribution in [3.63, 3.8) is 0 Å². The highest BCUT2D eigenvalue weighted by molar-refractivity contribution is 5.90. The number of rotatable bonds is 3. The minimum absolute atomic E-state index is 0.346. The number of hydrogen-bond acceptors (Lipinski definition) is 4. The number of nitrogens with two attached hydrogens (primary N) is 1. The summed E-state index contributed by atoms with van der Waals surface area (Å²) in [6, 6.07) is 4.88. The average molecular weight is 237 g/mol. The van der Waals surface area contributed by atoms with Crippen molar-refractivity contribution in [1.82, 2.24) is 0 Å². The highest BCUT2D eigenvalue weighted by Crippen LogP contribution is 2.27. The lowest BCUT2D eigenvalue weighted by atomic mass is 10.1. The van der Waals surface area contributed by atoms with E-state index >= 15 is 0 Å². The summed E-state index contributed by atoms with van der Waals surface area (Å²) in [7, 11) is 0. The van der Waals surface area contributed by atoms with Crippen LogP contribution in [0.5, 0.6) is 5.75 Å². The van der Waals surface area contributed by atoms with Gasteiger partial charge >= 0.3 is 5.97 Å². The van der Waals surface area contributed by atoms with Gasteiger partial charge in [-0.15, -0.1) is 0 Å². The lowest BCUT2D eigenvalue weighted by molar-refractivity contribution is 0.0524. The Hall–Kier alpha value is -1.71. The van der Waals surface area contributed by atoms with Crippen molar-refractivity contribution in [3.8, 4) is 5.75 Å². The standard InChI is InChI=1S/C13H19NO3/c1-5-16-12(15)9-6-7-10(14)11(8-9)17-13(2,3)4/h6-8H,5,14H2,1-4H3. The van der Waals surface area contributed by atoms with Crippen LogP contribution in [0, 0.1) is 0 Å². The van der Waals surface area contributed by atoms with E-state index in [1.807, 2.05) is 20.8 Å². The van der Waals surface area contributed by atoms with Gasteiger partial charge in [0.2, 0.25) is 0 Å². The third-order valence-electron chi connectivity index (χ3n) is 1.94. The van der Waals surface area contributed by atoms with E-state index < -0.39 is 0 Å². The molecule has 1 aromatic rings. The van der Waals surface area contributed by atoms with Gasteiger partial charge in [0.05, 0.1) is 17.9 Å². The number of anilines is 1. The minimum Gasteiger partial charge on any atom is -0.486 e. The summed E-state index contributed by atoms with van der Waals surface area (Å²) in [5.74, 6) is 0.134. The van der Waals surface area contributed by atoms with Crippen molar-refractivity contribution in [2.45, 2.75) is 33.3 Å². The molecule has 0 heterocycles. The fourth-order valence-corrected chi connectivity index (χ4v) is 1.29. The van der Waals surface area contributed by atoms with Crippen molar-refractivity contribution in [2.75, 3.05) is 12.3 Å². The largest absolute Gasteiger partial charge is 0.486 e. The third kappa shape index (κ3) is 3.98. The second-order valence-electron chi connectivity index (χ2n) is 4.69. The zero-order valence-corrected chi connectivity index (χ0v) is 10.7. The summed E-state index contributed by atoms with van der Waals surface area (Å²) in [5.41, 5.74) is 6.39. The van der Waals surface area contributed by atoms with Crippen molar-refractivity contribution in [1.29, 1.82) is 0 Å². The van der Waals surface area contributed by atoms with Crippen LogP contribution in [0.15, 0.2) is 18.2 Å². The number of carbonyl (C=O) groups is 1. The first-order chi connectivity index (χ1) is 7.83. The molecule has 0 saturated carbocycles. The van der Waals surface area contributed by atoms with Gasteiger partial charge in [-0.05, 0) is 45.9 Å². The summed E-state index contributed by atoms with van der Waals surface area (Å²) in [6.45, 7) is 7.87. The molecule has 4 nitrogen and oxygen atoms in total. The minimum atomic E-state index is -0.369. The lowest BCUT2D eigenvalue weighted by Crippen LogP contribution is -2.23. The number of nitrogen functional groups attached to an aromatic ring is 1. The van der Waals surface area contributed by atoms with Crippen molar-refractivity contribution in [3.05, 3.63) is 23.8 Å². The topological polar surface area (TPSA) is 61.5 Å². The molecule has 4 heteroatoms. The number of hydrogen-bond donors (Lipinski definition) is 1. The molecule has 0 bridgehead atoms. The molecule has 0 radical (unpaired) electrons. The summed E-state index contributed by atoms with van der Waals surface area (Å²) in [5, 5.41) is 0. The Morgan fingerprint density at radius 1 is 1.35 bits per heavy atom. The Morgan fingerprint density at radius 2 is 2.00 bits per heavy atom. The van der Waals surface area contributed by atoms with Crippen LogP contribution in [-0.2, 0) is 4.74 Å². The van der Waals surface area contributed by atoms with E-state index in [1.165, 1.54) is 0 Å². The quantitative estimate of drug-likeness (QED) is 0.648. The Kier molecular flexibility index (Phi) is 3.99. The summed E-state index contributed by atoms with van der Waals surface area (Å²) in [6.07, 6.45) is 0. The van der Waals surface area contributed by atoms with E-state index in [9.17, 15) is 4.79 Å². The molecule has 17 heavy (non-hydrogen) atoms. The van der Waals surface area contributed by atoms with Gasteiger partial charge in [-0.3, -0.25) is 0 Å². The van der Waals surface area contributed by atoms with Crippen molar-refractivity contribution >= 4 is 11.7 Å². The maximum absolute atomic E-state index is 11.6. The molecule has 94 valence electrons. The second-order valence-corrected chi connectivity index (χ2v) is 4.69. The highest BCUT2D eigenvalue weighted by Gasteiger charge is 2.16. The molecule has 0 fully saturated rings. The van der Waals surface area contributed by atoms with Crippen LogP contribution in [-0.4, -0.2) is 18.2 Å². The van der Waals surface area contributed by atoms with E-state index in [0.29, 0.717) is 23.6 Å². The van der Waals surface area contributed by atoms with E-state index in [2.05, 4.69) is 0 Å². The zero-order valence-electron chi connectivity index (χ0n) is 10.7. The van der Waals surface area contributed by atoms with Crippen LogP contribution in [0.4, 0.5) is 5.69 Å². The van der Waals surface area contributed by atoms with Crippen LogP contribution in [0.2, 0.25) is 0 Å². The van der Waals surface area contributed by atoms with E-state index in [4.69, 9.17) is 15.2 Å². The SMILES string of the molecule is CCOC(=O)c1ccc(N)c(OC(C)(C)C)c1. The first-order valence-corrected chi connectivity index (χ1v) is 5.59. The fraction of sp³-hybridized carbons (Fsp3) is 0.462. The van der Waals surface area contributed by atoms with Crippen molar-refractivity contribution in [2.24, 2.45) is 0 Å². The molecule has 0 unspecified atom stereocenters. The van der Waals surface area contributed by atoms with Gasteiger partial charge < -0.3 is 15.2 Å². The molecule has 0 aromatic heterocycles. The summed E-state index contributed by atoms with van der Waals surface area (Å²) >= 11 is 0. The first kappa shape index (κ1) is 13.4. The first-order valence-electron chi connectivity index (χ1n) is 5.59. The Balaban J connectivity index is 2.98. The van der Waals surface area contributed by atoms with Gasteiger partial charge in [-0.1, -0.05) is 0 Å². The summed E-state index contributed by atoms with van der Waals surface area (Å²) < 4.78 is 10.6. The van der Waals surface area contributed by atoms with E-state index in [1.54, 1.807) is 25.1 Å². The third-order valence-corrected chi connectivity index (χ3v) is 1.94. The molecule has 0 atom stereocenters. The smallest absolute Gasteiger partial charge is 0.338 e. The molecule has 0 amide bonds. The van der Waals surface area contributed by atoms with Gasteiger partial charge in [0.25, 0.3) is 0 Å². The molecule has 1 rings (SSSR count). The second kappa shape index (κ2) is 5.08. The van der Waals surface area contributed by atoms with E-state index in [0.717, 1.165) is 0 Å². The lowest BCUT2D eigenvalue weighted by Gasteiger charge is -2.22. The predicted octanol–water partition coefficient (Wildman–Crippen LogP) is 2.62. The molecule has 0 aliphatic heterocycles. The monoisotopic (exact) mass is 237 g/mol. The van der Waals surface area contributed by atoms with Crippen LogP contribution in [0.25, 0.3) is 0 Å². The predicted molar refractivity (Wildman–Crippen MR) is 67.2 cm³/mol. The average Bonchev–Trinajstić information content (AvgIpc) is 2.19. The Labute approximate surface area is 102 Å². The molecule has 0 aliphatic carbocycles. The maximum Gasteiger partial charge on any atom is 0.338 e. The van der Waals surface area contributed by atoms with Gasteiger partial charge in [0.15, 0.2) is 0 Å². The number of benzene rings is 1. The molecule has 0 spiro atoms. The van der Waals surface area contributed by atoms with Crippen LogP contribution < -0.4 is 10.5 Å². The Morgan fingerprint density at radius 3 is 2.53 bits per heavy atom. The van der Waals surface area contributed by atoms with E-state index in [-0.39, 0.29) is 11.6 Å². The van der Waals surface area contributed by atoms with Gasteiger partial charge in [-0.25, -0.2) is 4.79 Å². The van der Waals surface area contributed by atoms with Crippen LogP contribution >= 0.6 is 0 Å². The fourth-order valence-electron chi connectivity index (χ4n) is 1.29. The van der Waals surface area contributed by atoms with Gasteiger partial charge in [0.1, 0.15) is 11.4 Å². The maximum atomic E-state index is 11.6. The number of carbonyl (C=O) groups excluding carboxylic acids is 1. The van der Waals surface area contributed by atoms with Crippen LogP contribution in [0.3, 0.4) is 0 Å². The molecular formula is C13H19NO3. The molecule has 0 aliphatic rings. The van der Waals surface area contributed by atoms with Crippen molar-refractivity contribution < 1.29 is 14.3 Å². The number of esters is 1. The Bertz CT molecular complexity index is 408. The summed E-state index contributed by atoms with van der Waals surface area (Å²) in [4.78, 5) is 11.6. The normalized spacial score (nSPS) is 11.1. The number of ether oxygens (including phenoxy) is 2. The molecule has 2 N–H and O–H groups in total. The van der Waals surface area contributed by atoms with Gasteiger partial charge in [-0.2, -0.15) is 0 Å². The van der Waals surface area contributed by atoms with Crippen LogP contribution in [0.1, 0.15) is 38.1 Å². The molecular weight excluding hydrogens is 218 g/mol. The molecule has 1 aromatic carbocycles. The molecule has 0 saturated heterocycles. The highest BCUT2D eigenvalue weighted by atomic mass is 16.5. The zero-order chi connectivity index (χ0) is 13.1.